The number of carbonyl (C=O) groups is 2. The van der Waals surface area contributed by atoms with Crippen LogP contribution in [0.1, 0.15) is 54.8 Å². The van der Waals surface area contributed by atoms with Gasteiger partial charge in [0.25, 0.3) is 11.8 Å². The second-order valence-corrected chi connectivity index (χ2v) is 4.84. The van der Waals surface area contributed by atoms with Crippen LogP contribution in [0, 0.1) is 0 Å². The lowest BCUT2D eigenvalue weighted by molar-refractivity contribution is 0.0772. The Kier molecular flexibility index (Phi) is 6.22. The van der Waals surface area contributed by atoms with E-state index >= 15 is 0 Å². The maximum atomic E-state index is 12.1. The average Bonchev–Trinajstić information content (AvgIpc) is 2.48. The van der Waals surface area contributed by atoms with Crippen molar-refractivity contribution in [2.45, 2.75) is 40.2 Å². The minimum absolute atomic E-state index is 0.00360. The first kappa shape index (κ1) is 16.2. The number of nitrogens with zero attached hydrogens (tertiary/aromatic N) is 1. The van der Waals surface area contributed by atoms with E-state index in [1.54, 1.807) is 29.2 Å². The summed E-state index contributed by atoms with van der Waals surface area (Å²) in [5.74, 6) is -0.0925. The highest BCUT2D eigenvalue weighted by atomic mass is 16.2. The lowest BCUT2D eigenvalue weighted by Gasteiger charge is -2.18. The van der Waals surface area contributed by atoms with Gasteiger partial charge in [-0.3, -0.25) is 9.59 Å². The molecule has 1 aromatic carbocycles. The van der Waals surface area contributed by atoms with E-state index in [1.807, 2.05) is 27.7 Å². The van der Waals surface area contributed by atoms with Crippen molar-refractivity contribution in [3.8, 4) is 0 Å². The van der Waals surface area contributed by atoms with Crippen LogP contribution in [-0.4, -0.2) is 35.8 Å². The van der Waals surface area contributed by atoms with Gasteiger partial charge in [0.15, 0.2) is 0 Å². The summed E-state index contributed by atoms with van der Waals surface area (Å²) in [7, 11) is 0. The van der Waals surface area contributed by atoms with Crippen molar-refractivity contribution in [3.63, 3.8) is 0 Å². The van der Waals surface area contributed by atoms with Gasteiger partial charge in [0, 0.05) is 30.3 Å². The summed E-state index contributed by atoms with van der Waals surface area (Å²) >= 11 is 0. The Morgan fingerprint density at radius 3 is 2.00 bits per heavy atom. The van der Waals surface area contributed by atoms with Crippen LogP contribution in [0.5, 0.6) is 0 Å². The monoisotopic (exact) mass is 276 g/mol. The summed E-state index contributed by atoms with van der Waals surface area (Å²) in [6.45, 7) is 9.27. The molecule has 1 N–H and O–H groups in total. The van der Waals surface area contributed by atoms with Gasteiger partial charge in [-0.1, -0.05) is 6.92 Å². The van der Waals surface area contributed by atoms with Crippen LogP contribution in [0.15, 0.2) is 24.3 Å². The van der Waals surface area contributed by atoms with Crippen LogP contribution in [0.25, 0.3) is 0 Å². The zero-order chi connectivity index (χ0) is 15.1. The standard InChI is InChI=1S/C16H24N2O2/c1-5-12(4)17-15(19)13-8-10-14(11-9-13)16(20)18(6-2)7-3/h8-12H,5-7H2,1-4H3,(H,17,19). The summed E-state index contributed by atoms with van der Waals surface area (Å²) < 4.78 is 0. The molecule has 1 unspecified atom stereocenters. The Bertz CT molecular complexity index is 450. The van der Waals surface area contributed by atoms with Crippen molar-refractivity contribution in [2.75, 3.05) is 13.1 Å². The van der Waals surface area contributed by atoms with Crippen LogP contribution in [0.3, 0.4) is 0 Å². The van der Waals surface area contributed by atoms with Gasteiger partial charge < -0.3 is 10.2 Å². The predicted octanol–water partition coefficient (Wildman–Crippen LogP) is 2.70. The van der Waals surface area contributed by atoms with E-state index in [2.05, 4.69) is 5.32 Å². The topological polar surface area (TPSA) is 49.4 Å². The molecule has 0 spiro atoms. The van der Waals surface area contributed by atoms with Crippen LogP contribution >= 0.6 is 0 Å². The average molecular weight is 276 g/mol. The molecule has 4 heteroatoms. The number of hydrogen-bond donors (Lipinski definition) is 1. The van der Waals surface area contributed by atoms with E-state index < -0.39 is 0 Å². The summed E-state index contributed by atoms with van der Waals surface area (Å²) in [5, 5.41) is 2.91. The fourth-order valence-electron chi connectivity index (χ4n) is 1.87. The zero-order valence-corrected chi connectivity index (χ0v) is 12.8. The van der Waals surface area contributed by atoms with Crippen molar-refractivity contribution >= 4 is 11.8 Å². The van der Waals surface area contributed by atoms with E-state index in [1.165, 1.54) is 0 Å². The fourth-order valence-corrected chi connectivity index (χ4v) is 1.87. The molecule has 110 valence electrons. The van der Waals surface area contributed by atoms with Gasteiger partial charge in [-0.05, 0) is 51.5 Å². The SMILES string of the molecule is CCC(C)NC(=O)c1ccc(C(=O)N(CC)CC)cc1. The highest BCUT2D eigenvalue weighted by Crippen LogP contribution is 2.08. The van der Waals surface area contributed by atoms with Gasteiger partial charge in [-0.2, -0.15) is 0 Å². The number of carbonyl (C=O) groups excluding carboxylic acids is 2. The van der Waals surface area contributed by atoms with Gasteiger partial charge in [0.1, 0.15) is 0 Å². The minimum atomic E-state index is -0.0961. The molecule has 0 aliphatic carbocycles. The molecule has 0 heterocycles. The molecule has 0 saturated heterocycles. The quantitative estimate of drug-likeness (QED) is 0.868. The molecule has 0 bridgehead atoms. The van der Waals surface area contributed by atoms with Crippen molar-refractivity contribution in [2.24, 2.45) is 0 Å². The summed E-state index contributed by atoms with van der Waals surface area (Å²) in [6, 6.07) is 6.99. The van der Waals surface area contributed by atoms with Gasteiger partial charge in [-0.25, -0.2) is 0 Å². The number of hydrogen-bond acceptors (Lipinski definition) is 2. The first-order chi connectivity index (χ1) is 9.53. The Morgan fingerprint density at radius 2 is 1.55 bits per heavy atom. The molecule has 0 saturated carbocycles. The maximum Gasteiger partial charge on any atom is 0.253 e. The van der Waals surface area contributed by atoms with E-state index in [0.29, 0.717) is 24.2 Å². The summed E-state index contributed by atoms with van der Waals surface area (Å²) in [6.07, 6.45) is 0.893. The van der Waals surface area contributed by atoms with Crippen LogP contribution in [0.4, 0.5) is 0 Å². The lowest BCUT2D eigenvalue weighted by Crippen LogP contribution is -2.32. The van der Waals surface area contributed by atoms with Crippen molar-refractivity contribution in [3.05, 3.63) is 35.4 Å². The van der Waals surface area contributed by atoms with Gasteiger partial charge >= 0.3 is 0 Å². The summed E-state index contributed by atoms with van der Waals surface area (Å²) in [4.78, 5) is 25.8. The molecule has 0 aliphatic heterocycles. The third kappa shape index (κ3) is 4.08. The Labute approximate surface area is 121 Å². The number of rotatable bonds is 6. The first-order valence-electron chi connectivity index (χ1n) is 7.23. The molecule has 1 rings (SSSR count). The van der Waals surface area contributed by atoms with Crippen molar-refractivity contribution < 1.29 is 9.59 Å². The highest BCUT2D eigenvalue weighted by Gasteiger charge is 2.13. The Morgan fingerprint density at radius 1 is 1.05 bits per heavy atom. The molecule has 0 fully saturated rings. The van der Waals surface area contributed by atoms with E-state index in [4.69, 9.17) is 0 Å². The maximum absolute atomic E-state index is 12.1. The van der Waals surface area contributed by atoms with Gasteiger partial charge in [-0.15, -0.1) is 0 Å². The fraction of sp³-hybridized carbons (Fsp3) is 0.500. The molecule has 4 nitrogen and oxygen atoms in total. The molecule has 1 aromatic rings. The highest BCUT2D eigenvalue weighted by molar-refractivity contribution is 5.97. The van der Waals surface area contributed by atoms with Gasteiger partial charge in [0.2, 0.25) is 0 Å². The zero-order valence-electron chi connectivity index (χ0n) is 12.8. The van der Waals surface area contributed by atoms with E-state index in [-0.39, 0.29) is 17.9 Å². The number of amides is 2. The second kappa shape index (κ2) is 7.68. The smallest absolute Gasteiger partial charge is 0.253 e. The molecule has 0 aromatic heterocycles. The first-order valence-corrected chi connectivity index (χ1v) is 7.23. The molecule has 20 heavy (non-hydrogen) atoms. The predicted molar refractivity (Wildman–Crippen MR) is 80.9 cm³/mol. The van der Waals surface area contributed by atoms with E-state index in [0.717, 1.165) is 6.42 Å². The molecular weight excluding hydrogens is 252 g/mol. The second-order valence-electron chi connectivity index (χ2n) is 4.84. The van der Waals surface area contributed by atoms with Crippen LogP contribution in [0.2, 0.25) is 0 Å². The Hall–Kier alpha value is -1.84. The van der Waals surface area contributed by atoms with Crippen molar-refractivity contribution in [1.29, 1.82) is 0 Å². The van der Waals surface area contributed by atoms with Crippen molar-refractivity contribution in [1.82, 2.24) is 10.2 Å². The molecular formula is C16H24N2O2. The van der Waals surface area contributed by atoms with Gasteiger partial charge in [0.05, 0.1) is 0 Å². The normalized spacial score (nSPS) is 11.8. The van der Waals surface area contributed by atoms with Crippen LogP contribution in [-0.2, 0) is 0 Å². The lowest BCUT2D eigenvalue weighted by atomic mass is 10.1. The van der Waals surface area contributed by atoms with Crippen LogP contribution < -0.4 is 5.32 Å². The molecule has 0 radical (unpaired) electrons. The van der Waals surface area contributed by atoms with E-state index in [9.17, 15) is 9.59 Å². The number of benzene rings is 1. The minimum Gasteiger partial charge on any atom is -0.350 e. The molecule has 0 aliphatic rings. The molecule has 1 atom stereocenters. The Balaban J connectivity index is 2.78. The third-order valence-electron chi connectivity index (χ3n) is 3.43. The number of nitrogens with one attached hydrogen (secondary N) is 1. The molecule has 2 amide bonds. The third-order valence-corrected chi connectivity index (χ3v) is 3.43. The largest absolute Gasteiger partial charge is 0.350 e. The summed E-state index contributed by atoms with van der Waals surface area (Å²) in [5.41, 5.74) is 1.20.